The third-order valence-corrected chi connectivity index (χ3v) is 5.81. The number of nitrogens with one attached hydrogen (secondary N) is 1. The molecule has 1 aliphatic heterocycles. The van der Waals surface area contributed by atoms with Gasteiger partial charge < -0.3 is 20.6 Å². The zero-order chi connectivity index (χ0) is 22.3. The highest BCUT2D eigenvalue weighted by molar-refractivity contribution is 6.36. The number of anilines is 2. The maximum absolute atomic E-state index is 13.4. The van der Waals surface area contributed by atoms with Gasteiger partial charge in [-0.3, -0.25) is 9.59 Å². The molecule has 0 spiro atoms. The lowest BCUT2D eigenvalue weighted by Gasteiger charge is -2.32. The van der Waals surface area contributed by atoms with E-state index < -0.39 is 37.2 Å². The number of imide groups is 1. The molecule has 31 heavy (non-hydrogen) atoms. The molecule has 7 nitrogen and oxygen atoms in total. The van der Waals surface area contributed by atoms with Gasteiger partial charge in [0.2, 0.25) is 0 Å². The Kier molecular flexibility index (Phi) is 5.26. The van der Waals surface area contributed by atoms with E-state index in [0.29, 0.717) is 33.3 Å². The summed E-state index contributed by atoms with van der Waals surface area (Å²) >= 11 is 0. The Balaban J connectivity index is 1.88. The SMILES string of the molecule is Cc1ccc(N2C(=O)c3cccc4c(NC(CO)(CO)CO)ccc(c34)C2=O)c(C)c1. The van der Waals surface area contributed by atoms with Crippen molar-refractivity contribution in [2.24, 2.45) is 0 Å². The van der Waals surface area contributed by atoms with Crippen LogP contribution in [-0.4, -0.2) is 52.5 Å². The highest BCUT2D eigenvalue weighted by Crippen LogP contribution is 2.37. The molecule has 0 saturated carbocycles. The Hall–Kier alpha value is -3.26. The van der Waals surface area contributed by atoms with E-state index in [2.05, 4.69) is 5.32 Å². The van der Waals surface area contributed by atoms with Gasteiger partial charge in [0.05, 0.1) is 25.5 Å². The zero-order valence-electron chi connectivity index (χ0n) is 17.3. The molecule has 160 valence electrons. The number of aliphatic hydroxyl groups is 3. The standard InChI is InChI=1S/C24H24N2O5/c1-14-6-9-20(15(2)10-14)26-22(30)17-5-3-4-16-19(25-24(11-27,12-28)13-29)8-7-18(21(16)17)23(26)31/h3-10,25,27-29H,11-13H2,1-2H3. The summed E-state index contributed by atoms with van der Waals surface area (Å²) in [4.78, 5) is 28.0. The average Bonchev–Trinajstić information content (AvgIpc) is 2.78. The van der Waals surface area contributed by atoms with Crippen LogP contribution in [0, 0.1) is 13.8 Å². The summed E-state index contributed by atoms with van der Waals surface area (Å²) in [6.45, 7) is 2.32. The normalized spacial score (nSPS) is 13.8. The third-order valence-electron chi connectivity index (χ3n) is 5.81. The zero-order valence-corrected chi connectivity index (χ0v) is 17.3. The molecule has 0 aliphatic carbocycles. The summed E-state index contributed by atoms with van der Waals surface area (Å²) in [6, 6.07) is 14.0. The predicted octanol–water partition coefficient (Wildman–Crippen LogP) is 2.38. The van der Waals surface area contributed by atoms with Crippen LogP contribution in [-0.2, 0) is 0 Å². The van der Waals surface area contributed by atoms with Crippen molar-refractivity contribution in [3.63, 3.8) is 0 Å². The molecule has 3 aromatic carbocycles. The molecular formula is C24H24N2O5. The number of rotatable bonds is 6. The van der Waals surface area contributed by atoms with Crippen molar-refractivity contribution in [2.75, 3.05) is 30.0 Å². The van der Waals surface area contributed by atoms with Gasteiger partial charge in [0.15, 0.2) is 0 Å². The molecule has 4 rings (SSSR count). The van der Waals surface area contributed by atoms with Gasteiger partial charge in [0.25, 0.3) is 11.8 Å². The van der Waals surface area contributed by atoms with Crippen molar-refractivity contribution in [2.45, 2.75) is 19.4 Å². The number of carbonyl (C=O) groups excluding carboxylic acids is 2. The van der Waals surface area contributed by atoms with Crippen molar-refractivity contribution < 1.29 is 24.9 Å². The Morgan fingerprint density at radius 2 is 1.52 bits per heavy atom. The fraction of sp³-hybridized carbons (Fsp3) is 0.250. The maximum Gasteiger partial charge on any atom is 0.265 e. The largest absolute Gasteiger partial charge is 0.394 e. The summed E-state index contributed by atoms with van der Waals surface area (Å²) in [5, 5.41) is 33.1. The predicted molar refractivity (Wildman–Crippen MR) is 119 cm³/mol. The number of benzene rings is 3. The van der Waals surface area contributed by atoms with Crippen molar-refractivity contribution in [1.29, 1.82) is 0 Å². The van der Waals surface area contributed by atoms with E-state index in [0.717, 1.165) is 11.1 Å². The first-order valence-corrected chi connectivity index (χ1v) is 9.98. The van der Waals surface area contributed by atoms with Gasteiger partial charge in [-0.1, -0.05) is 29.8 Å². The molecule has 0 bridgehead atoms. The maximum atomic E-state index is 13.4. The number of aryl methyl sites for hydroxylation is 2. The number of hydrogen-bond acceptors (Lipinski definition) is 6. The van der Waals surface area contributed by atoms with Crippen LogP contribution in [0.1, 0.15) is 31.8 Å². The average molecular weight is 420 g/mol. The van der Waals surface area contributed by atoms with Gasteiger partial charge in [-0.05, 0) is 43.7 Å². The lowest BCUT2D eigenvalue weighted by atomic mass is 9.91. The van der Waals surface area contributed by atoms with Crippen LogP contribution in [0.15, 0.2) is 48.5 Å². The van der Waals surface area contributed by atoms with E-state index in [1.807, 2.05) is 26.0 Å². The molecule has 1 aliphatic rings. The molecule has 0 radical (unpaired) electrons. The molecular weight excluding hydrogens is 396 g/mol. The van der Waals surface area contributed by atoms with E-state index >= 15 is 0 Å². The first-order valence-electron chi connectivity index (χ1n) is 9.98. The van der Waals surface area contributed by atoms with Crippen molar-refractivity contribution in [1.82, 2.24) is 0 Å². The van der Waals surface area contributed by atoms with Crippen LogP contribution in [0.5, 0.6) is 0 Å². The quantitative estimate of drug-likeness (QED) is 0.456. The molecule has 1 heterocycles. The van der Waals surface area contributed by atoms with Crippen LogP contribution < -0.4 is 10.2 Å². The Bertz CT molecular complexity index is 1170. The summed E-state index contributed by atoms with van der Waals surface area (Å²) < 4.78 is 0. The topological polar surface area (TPSA) is 110 Å². The van der Waals surface area contributed by atoms with Gasteiger partial charge in [-0.2, -0.15) is 0 Å². The minimum absolute atomic E-state index is 0.387. The number of aliphatic hydroxyl groups excluding tert-OH is 3. The highest BCUT2D eigenvalue weighted by Gasteiger charge is 2.36. The van der Waals surface area contributed by atoms with Crippen LogP contribution >= 0.6 is 0 Å². The fourth-order valence-electron chi connectivity index (χ4n) is 4.03. The second-order valence-electron chi connectivity index (χ2n) is 8.00. The number of amides is 2. The molecule has 3 aromatic rings. The van der Waals surface area contributed by atoms with Crippen molar-refractivity contribution in [3.05, 3.63) is 70.8 Å². The van der Waals surface area contributed by atoms with E-state index in [1.165, 1.54) is 4.90 Å². The first kappa shape index (κ1) is 21.0. The first-order chi connectivity index (χ1) is 14.9. The Labute approximate surface area is 179 Å². The van der Waals surface area contributed by atoms with Crippen LogP contribution in [0.2, 0.25) is 0 Å². The lowest BCUT2D eigenvalue weighted by molar-refractivity contribution is 0.0833. The van der Waals surface area contributed by atoms with Crippen LogP contribution in [0.4, 0.5) is 11.4 Å². The third kappa shape index (κ3) is 3.27. The summed E-state index contributed by atoms with van der Waals surface area (Å²) in [6.07, 6.45) is 0. The Morgan fingerprint density at radius 1 is 0.871 bits per heavy atom. The summed E-state index contributed by atoms with van der Waals surface area (Å²) in [7, 11) is 0. The van der Waals surface area contributed by atoms with Crippen LogP contribution in [0.25, 0.3) is 10.8 Å². The molecule has 7 heteroatoms. The molecule has 0 fully saturated rings. The fourth-order valence-corrected chi connectivity index (χ4v) is 4.03. The Morgan fingerprint density at radius 3 is 2.13 bits per heavy atom. The van der Waals surface area contributed by atoms with Gasteiger partial charge in [0.1, 0.15) is 5.54 Å². The van der Waals surface area contributed by atoms with Gasteiger partial charge in [-0.25, -0.2) is 4.90 Å². The second-order valence-corrected chi connectivity index (χ2v) is 8.00. The molecule has 2 amide bonds. The molecule has 0 atom stereocenters. The van der Waals surface area contributed by atoms with Gasteiger partial charge in [0, 0.05) is 27.6 Å². The molecule has 0 unspecified atom stereocenters. The summed E-state index contributed by atoms with van der Waals surface area (Å²) in [5.41, 5.74) is 2.35. The monoisotopic (exact) mass is 420 g/mol. The molecule has 4 N–H and O–H groups in total. The van der Waals surface area contributed by atoms with E-state index in [-0.39, 0.29) is 0 Å². The number of carbonyl (C=O) groups is 2. The minimum Gasteiger partial charge on any atom is -0.394 e. The second kappa shape index (κ2) is 7.77. The number of nitrogens with zero attached hydrogens (tertiary/aromatic N) is 1. The highest BCUT2D eigenvalue weighted by atomic mass is 16.3. The molecule has 0 saturated heterocycles. The van der Waals surface area contributed by atoms with E-state index in [9.17, 15) is 24.9 Å². The van der Waals surface area contributed by atoms with Crippen LogP contribution in [0.3, 0.4) is 0 Å². The van der Waals surface area contributed by atoms with Crippen molar-refractivity contribution in [3.8, 4) is 0 Å². The van der Waals surface area contributed by atoms with E-state index in [4.69, 9.17) is 0 Å². The molecule has 0 aromatic heterocycles. The van der Waals surface area contributed by atoms with E-state index in [1.54, 1.807) is 36.4 Å². The summed E-state index contributed by atoms with van der Waals surface area (Å²) in [5.74, 6) is -0.824. The lowest BCUT2D eigenvalue weighted by Crippen LogP contribution is -2.49. The van der Waals surface area contributed by atoms with Crippen molar-refractivity contribution >= 4 is 34.0 Å². The van der Waals surface area contributed by atoms with Gasteiger partial charge >= 0.3 is 0 Å². The smallest absolute Gasteiger partial charge is 0.265 e. The minimum atomic E-state index is -1.34. The number of hydrogen-bond donors (Lipinski definition) is 4. The van der Waals surface area contributed by atoms with Gasteiger partial charge in [-0.15, -0.1) is 0 Å².